The fourth-order valence-electron chi connectivity index (χ4n) is 6.08. The molecular weight excluding hydrogens is 788 g/mol. The summed E-state index contributed by atoms with van der Waals surface area (Å²) in [4.78, 5) is 8.96. The van der Waals surface area contributed by atoms with Gasteiger partial charge in [0.15, 0.2) is 0 Å². The van der Waals surface area contributed by atoms with Crippen molar-refractivity contribution in [3.8, 4) is 33.6 Å². The van der Waals surface area contributed by atoms with Gasteiger partial charge in [-0.1, -0.05) is 78.9 Å². The van der Waals surface area contributed by atoms with Crippen molar-refractivity contribution in [2.45, 2.75) is 54.1 Å². The average molecular weight is 833 g/mol. The van der Waals surface area contributed by atoms with Gasteiger partial charge in [-0.05, 0) is 84.7 Å². The Kier molecular flexibility index (Phi) is 8.13. The molecule has 0 unspecified atom stereocenters. The van der Waals surface area contributed by atoms with Gasteiger partial charge in [-0.15, -0.1) is 53.6 Å². The van der Waals surface area contributed by atoms with Crippen LogP contribution in [0, 0.1) is 52.4 Å². The van der Waals surface area contributed by atoms with Gasteiger partial charge in [0.1, 0.15) is 11.4 Å². The van der Waals surface area contributed by atoms with Crippen LogP contribution in [0.2, 0.25) is 19.6 Å². The molecule has 0 aliphatic heterocycles. The molecule has 3 nitrogen and oxygen atoms in total. The third-order valence-corrected chi connectivity index (χ3v) is 10.2. The van der Waals surface area contributed by atoms with Crippen molar-refractivity contribution in [2.75, 3.05) is 0 Å². The number of rotatable bonds is 4. The van der Waals surface area contributed by atoms with E-state index in [1.165, 1.54) is 40.5 Å². The van der Waals surface area contributed by atoms with E-state index in [1.807, 2.05) is 12.1 Å². The monoisotopic (exact) mass is 833 g/mol. The Labute approximate surface area is 306 Å². The van der Waals surface area contributed by atoms with Crippen molar-refractivity contribution in [2.24, 2.45) is 0 Å². The summed E-state index contributed by atoms with van der Waals surface area (Å²) in [5.41, 5.74) is 10.2. The van der Waals surface area contributed by atoms with Crippen LogP contribution in [0.15, 0.2) is 95.7 Å². The molecule has 48 heavy (non-hydrogen) atoms. The number of hydrogen-bond donors (Lipinski definition) is 0. The van der Waals surface area contributed by atoms with Gasteiger partial charge in [-0.3, -0.25) is 0 Å². The number of benzene rings is 4. The second kappa shape index (κ2) is 14.1. The molecular formula is C42H39FIrN2OSi-2. The molecule has 6 heteroatoms. The van der Waals surface area contributed by atoms with E-state index in [1.54, 1.807) is 42.7 Å². The van der Waals surface area contributed by atoms with Gasteiger partial charge in [0.2, 0.25) is 0 Å². The predicted octanol–water partition coefficient (Wildman–Crippen LogP) is 10.9. The molecule has 0 atom stereocenters. The number of nitrogens with zero attached hydrogens (tertiary/aromatic N) is 2. The van der Waals surface area contributed by atoms with E-state index in [2.05, 4.69) is 80.7 Å². The summed E-state index contributed by atoms with van der Waals surface area (Å²) >= 11 is 0. The summed E-state index contributed by atoms with van der Waals surface area (Å²) in [6.07, 6.45) is 3.45. The molecule has 0 N–H and O–H groups in total. The molecule has 0 spiro atoms. The Morgan fingerprint density at radius 3 is 2.29 bits per heavy atom. The van der Waals surface area contributed by atoms with Crippen molar-refractivity contribution in [1.29, 1.82) is 0 Å². The third kappa shape index (κ3) is 7.12. The zero-order valence-corrected chi connectivity index (χ0v) is 31.1. The number of halogens is 1. The van der Waals surface area contributed by atoms with Crippen LogP contribution in [0.5, 0.6) is 0 Å². The maximum absolute atomic E-state index is 14.4. The standard InChI is InChI=1S/C26H19FNO.C16H20NSi.Ir/c1-15-12-16(2)24(17(3)13-15)18-10-11-28-22(14-18)19-6-4-7-20-25-21(27)8-5-9-23(25)29-26(19)20;1-12-6-8-14(9-7-12)15-10-13(2)16(11-17-15)18(3,4)5;/h4-5,7-14H,1-3H3;6-8,10-11H,1-5H3;/q2*-1;/i;1D3,2D3;. The van der Waals surface area contributed by atoms with Crippen LogP contribution in [-0.4, -0.2) is 18.0 Å². The molecule has 0 aliphatic carbocycles. The molecule has 4 aromatic carbocycles. The minimum absolute atomic E-state index is 0. The van der Waals surface area contributed by atoms with Crippen molar-refractivity contribution in [3.63, 3.8) is 0 Å². The summed E-state index contributed by atoms with van der Waals surface area (Å²) < 4.78 is 66.0. The normalized spacial score (nSPS) is 13.6. The topological polar surface area (TPSA) is 38.9 Å². The second-order valence-corrected chi connectivity index (χ2v) is 17.9. The quantitative estimate of drug-likeness (QED) is 0.131. The van der Waals surface area contributed by atoms with Crippen LogP contribution in [-0.2, 0) is 20.1 Å². The van der Waals surface area contributed by atoms with Crippen molar-refractivity contribution in [3.05, 3.63) is 137 Å². The predicted molar refractivity (Wildman–Crippen MR) is 196 cm³/mol. The zero-order chi connectivity index (χ0) is 38.5. The maximum Gasteiger partial charge on any atom is 0.133 e. The van der Waals surface area contributed by atoms with Crippen molar-refractivity contribution >= 4 is 35.2 Å². The first-order valence-corrected chi connectivity index (χ1v) is 18.9. The first-order chi connectivity index (χ1) is 24.8. The molecule has 3 aromatic heterocycles. The van der Waals surface area contributed by atoms with Gasteiger partial charge in [0.25, 0.3) is 0 Å². The van der Waals surface area contributed by atoms with Crippen molar-refractivity contribution in [1.82, 2.24) is 9.97 Å². The molecule has 7 rings (SSSR count). The van der Waals surface area contributed by atoms with Gasteiger partial charge < -0.3 is 14.4 Å². The summed E-state index contributed by atoms with van der Waals surface area (Å²) in [6.45, 7) is 8.20. The molecule has 0 saturated heterocycles. The van der Waals surface area contributed by atoms with Crippen LogP contribution in [0.3, 0.4) is 0 Å². The fourth-order valence-corrected chi connectivity index (χ4v) is 7.41. The Morgan fingerprint density at radius 1 is 0.812 bits per heavy atom. The molecule has 0 saturated carbocycles. The number of aromatic nitrogens is 2. The molecule has 0 bridgehead atoms. The van der Waals surface area contributed by atoms with E-state index in [0.29, 0.717) is 33.4 Å². The molecule has 3 heterocycles. The molecule has 7 aromatic rings. The summed E-state index contributed by atoms with van der Waals surface area (Å²) in [6, 6.07) is 29.3. The van der Waals surface area contributed by atoms with Crippen molar-refractivity contribution < 1.29 is 37.1 Å². The first-order valence-electron chi connectivity index (χ1n) is 18.4. The molecule has 1 radical (unpaired) electrons. The van der Waals surface area contributed by atoms with Gasteiger partial charge >= 0.3 is 0 Å². The largest absolute Gasteiger partial charge is 0.500 e. The first kappa shape index (κ1) is 27.7. The van der Waals surface area contributed by atoms with E-state index in [4.69, 9.17) is 12.6 Å². The molecule has 0 aliphatic rings. The Balaban J connectivity index is 0.000000208. The van der Waals surface area contributed by atoms with Gasteiger partial charge in [0, 0.05) is 46.1 Å². The SMILES string of the molecule is Cc1cc(C)c(-c2ccnc(-c3[c-]ccc4c3oc3cccc(F)c34)c2)c(C)c1.[2H]C([2H])([2H])c1c[c-]c(-c2cc(C([2H])([2H])[2H])c([Si](C)(C)C)cn2)cc1.[Ir]. The van der Waals surface area contributed by atoms with Gasteiger partial charge in [-0.2, -0.15) is 0 Å². The summed E-state index contributed by atoms with van der Waals surface area (Å²) in [5.74, 6) is -0.286. The molecule has 245 valence electrons. The number of furan rings is 1. The van der Waals surface area contributed by atoms with Crippen LogP contribution < -0.4 is 5.19 Å². The Bertz CT molecular complexity index is 2450. The maximum atomic E-state index is 14.4. The van der Waals surface area contributed by atoms with Gasteiger partial charge in [-0.25, -0.2) is 4.39 Å². The summed E-state index contributed by atoms with van der Waals surface area (Å²) in [5, 5.41) is 2.05. The van der Waals surface area contributed by atoms with Gasteiger partial charge in [0.05, 0.1) is 13.7 Å². The molecule has 0 fully saturated rings. The van der Waals surface area contributed by atoms with Crippen LogP contribution in [0.25, 0.3) is 55.6 Å². The number of hydrogen-bond acceptors (Lipinski definition) is 3. The minimum atomic E-state index is -2.22. The van der Waals surface area contributed by atoms with Crippen LogP contribution in [0.4, 0.5) is 4.39 Å². The van der Waals surface area contributed by atoms with E-state index in [9.17, 15) is 4.39 Å². The van der Waals surface area contributed by atoms with Crippen LogP contribution in [0.1, 0.15) is 36.0 Å². The number of aryl methyl sites for hydroxylation is 5. The fraction of sp³-hybridized carbons (Fsp3) is 0.190. The number of fused-ring (bicyclic) bond motifs is 3. The average Bonchev–Trinajstić information content (AvgIpc) is 3.47. The second-order valence-electron chi connectivity index (χ2n) is 12.9. The van der Waals surface area contributed by atoms with Crippen LogP contribution >= 0.6 is 0 Å². The Morgan fingerprint density at radius 2 is 1.60 bits per heavy atom. The summed E-state index contributed by atoms with van der Waals surface area (Å²) in [7, 11) is -1.85. The number of pyridine rings is 2. The van der Waals surface area contributed by atoms with E-state index in [-0.39, 0.29) is 31.5 Å². The minimum Gasteiger partial charge on any atom is -0.500 e. The van der Waals surface area contributed by atoms with E-state index >= 15 is 0 Å². The smallest absolute Gasteiger partial charge is 0.133 e. The Hall–Kier alpha value is -4.22. The zero-order valence-electron chi connectivity index (χ0n) is 33.7. The molecule has 0 amide bonds. The van der Waals surface area contributed by atoms with E-state index < -0.39 is 21.8 Å². The van der Waals surface area contributed by atoms with E-state index in [0.717, 1.165) is 27.4 Å². The third-order valence-electron chi connectivity index (χ3n) is 8.19.